The number of carbonyl (C=O) groups is 1. The normalized spacial score (nSPS) is 16.9. The largest absolute Gasteiger partial charge is 0.465 e. The van der Waals surface area contributed by atoms with E-state index in [-0.39, 0.29) is 11.5 Å². The summed E-state index contributed by atoms with van der Waals surface area (Å²) >= 11 is 2.85. The van der Waals surface area contributed by atoms with Crippen molar-refractivity contribution < 1.29 is 9.53 Å². The topological polar surface area (TPSA) is 61.2 Å². The number of aryl methyl sites for hydroxylation is 2. The molecule has 0 radical (unpaired) electrons. The Morgan fingerprint density at radius 3 is 2.67 bits per heavy atom. The highest BCUT2D eigenvalue weighted by Crippen LogP contribution is 2.35. The van der Waals surface area contributed by atoms with Crippen molar-refractivity contribution in [3.63, 3.8) is 0 Å². The number of aromatic nitrogens is 2. The van der Waals surface area contributed by atoms with Crippen LogP contribution in [0.2, 0.25) is 0 Å². The summed E-state index contributed by atoms with van der Waals surface area (Å²) in [5, 5.41) is 0.424. The van der Waals surface area contributed by atoms with Crippen molar-refractivity contribution in [3.8, 4) is 5.69 Å². The molecule has 2 atom stereocenters. The highest BCUT2D eigenvalue weighted by Gasteiger charge is 2.28. The molecule has 0 saturated carbocycles. The number of carbonyl (C=O) groups excluding carboxylic acids is 1. The Kier molecular flexibility index (Phi) is 6.01. The summed E-state index contributed by atoms with van der Waals surface area (Å²) in [6.07, 6.45) is 0.768. The lowest BCUT2D eigenvalue weighted by Gasteiger charge is -2.17. The molecule has 0 saturated heterocycles. The highest BCUT2D eigenvalue weighted by atomic mass is 32.2. The van der Waals surface area contributed by atoms with Crippen molar-refractivity contribution in [2.45, 2.75) is 61.6 Å². The van der Waals surface area contributed by atoms with Gasteiger partial charge in [-0.05, 0) is 51.0 Å². The van der Waals surface area contributed by atoms with Gasteiger partial charge in [-0.25, -0.2) is 4.98 Å². The molecular formula is C20H24N2O3S2. The summed E-state index contributed by atoms with van der Waals surface area (Å²) in [7, 11) is 0. The molecule has 1 aromatic carbocycles. The molecule has 27 heavy (non-hydrogen) atoms. The van der Waals surface area contributed by atoms with Crippen LogP contribution in [-0.2, 0) is 16.0 Å². The standard InChI is InChI=1S/C20H24N2O3S2/c1-6-25-19(24)14(5)27-20-21-16-10-13(4)26-17(16)18(23)22(20)15-8-11(2)7-12(3)9-15/h7-9,13-14H,6,10H2,1-5H3. The van der Waals surface area contributed by atoms with Gasteiger partial charge < -0.3 is 4.74 Å². The minimum Gasteiger partial charge on any atom is -0.465 e. The molecule has 0 aliphatic carbocycles. The SMILES string of the molecule is CCOC(=O)C(C)Sc1nc2c(c(=O)n1-c1cc(C)cc(C)c1)SC(C)C2. The van der Waals surface area contributed by atoms with Crippen LogP contribution in [0.1, 0.15) is 37.6 Å². The maximum Gasteiger partial charge on any atom is 0.319 e. The van der Waals surface area contributed by atoms with Crippen LogP contribution in [0.3, 0.4) is 0 Å². The second-order valence-electron chi connectivity index (χ2n) is 6.80. The number of nitrogens with zero attached hydrogens (tertiary/aromatic N) is 2. The summed E-state index contributed by atoms with van der Waals surface area (Å²) in [5.41, 5.74) is 3.71. The number of thioether (sulfide) groups is 2. The van der Waals surface area contributed by atoms with Crippen molar-refractivity contribution >= 4 is 29.5 Å². The Hall–Kier alpha value is -1.73. The molecule has 2 aromatic rings. The predicted octanol–water partition coefficient (Wildman–Crippen LogP) is 3.93. The van der Waals surface area contributed by atoms with Crippen LogP contribution in [-0.4, -0.2) is 32.6 Å². The van der Waals surface area contributed by atoms with Crippen molar-refractivity contribution in [2.75, 3.05) is 6.61 Å². The van der Waals surface area contributed by atoms with E-state index in [9.17, 15) is 9.59 Å². The van der Waals surface area contributed by atoms with E-state index in [0.717, 1.165) is 33.8 Å². The zero-order chi connectivity index (χ0) is 19.7. The first-order valence-electron chi connectivity index (χ1n) is 9.04. The average molecular weight is 405 g/mol. The lowest BCUT2D eigenvalue weighted by atomic mass is 10.1. The minimum atomic E-state index is -0.446. The zero-order valence-corrected chi connectivity index (χ0v) is 17.9. The Labute approximate surface area is 167 Å². The number of hydrogen-bond donors (Lipinski definition) is 0. The third-order valence-corrected chi connectivity index (χ3v) is 6.49. The summed E-state index contributed by atoms with van der Waals surface area (Å²) in [4.78, 5) is 30.9. The molecule has 0 spiro atoms. The second-order valence-corrected chi connectivity index (χ2v) is 9.56. The van der Waals surface area contributed by atoms with Gasteiger partial charge in [0, 0.05) is 11.7 Å². The molecule has 3 rings (SSSR count). The molecule has 5 nitrogen and oxygen atoms in total. The molecule has 0 fully saturated rings. The fourth-order valence-electron chi connectivity index (χ4n) is 3.15. The number of rotatable bonds is 5. The van der Waals surface area contributed by atoms with Crippen molar-refractivity contribution in [1.82, 2.24) is 9.55 Å². The number of ether oxygens (including phenoxy) is 1. The van der Waals surface area contributed by atoms with Gasteiger partial charge in [0.1, 0.15) is 5.25 Å². The molecule has 1 aliphatic heterocycles. The Bertz CT molecular complexity index is 919. The first-order chi connectivity index (χ1) is 12.8. The number of hydrogen-bond acceptors (Lipinski definition) is 6. The molecule has 1 aliphatic rings. The van der Waals surface area contributed by atoms with Crippen LogP contribution >= 0.6 is 23.5 Å². The van der Waals surface area contributed by atoms with Crippen LogP contribution in [0.15, 0.2) is 33.0 Å². The van der Waals surface area contributed by atoms with E-state index in [1.807, 2.05) is 26.0 Å². The average Bonchev–Trinajstić information content (AvgIpc) is 2.95. The van der Waals surface area contributed by atoms with Crippen LogP contribution in [0.4, 0.5) is 0 Å². The summed E-state index contributed by atoms with van der Waals surface area (Å²) < 4.78 is 6.76. The molecule has 7 heteroatoms. The number of fused-ring (bicyclic) bond motifs is 1. The highest BCUT2D eigenvalue weighted by molar-refractivity contribution is 8.00. The lowest BCUT2D eigenvalue weighted by molar-refractivity contribution is -0.142. The predicted molar refractivity (Wildman–Crippen MR) is 110 cm³/mol. The van der Waals surface area contributed by atoms with Gasteiger partial charge in [-0.3, -0.25) is 14.2 Å². The van der Waals surface area contributed by atoms with Gasteiger partial charge in [0.25, 0.3) is 5.56 Å². The number of esters is 1. The Balaban J connectivity index is 2.14. The van der Waals surface area contributed by atoms with Gasteiger partial charge in [-0.15, -0.1) is 11.8 Å². The molecule has 144 valence electrons. The molecule has 1 aromatic heterocycles. The Morgan fingerprint density at radius 2 is 2.04 bits per heavy atom. The lowest BCUT2D eigenvalue weighted by Crippen LogP contribution is -2.26. The van der Waals surface area contributed by atoms with Crippen LogP contribution in [0.25, 0.3) is 5.69 Å². The maximum atomic E-state index is 13.3. The van der Waals surface area contributed by atoms with Crippen molar-refractivity contribution in [2.24, 2.45) is 0 Å². The van der Waals surface area contributed by atoms with Crippen molar-refractivity contribution in [3.05, 3.63) is 45.4 Å². The molecular weight excluding hydrogens is 380 g/mol. The third kappa shape index (κ3) is 4.24. The van der Waals surface area contributed by atoms with Crippen molar-refractivity contribution in [1.29, 1.82) is 0 Å². The fraction of sp³-hybridized carbons (Fsp3) is 0.450. The van der Waals surface area contributed by atoms with Gasteiger partial charge in [0.05, 0.1) is 22.9 Å². The maximum absolute atomic E-state index is 13.3. The third-order valence-electron chi connectivity index (χ3n) is 4.25. The van der Waals surface area contributed by atoms with Gasteiger partial charge >= 0.3 is 5.97 Å². The van der Waals surface area contributed by atoms with E-state index in [1.54, 1.807) is 30.2 Å². The van der Waals surface area contributed by atoms with Gasteiger partial charge in [-0.1, -0.05) is 24.8 Å². The quantitative estimate of drug-likeness (QED) is 0.427. The van der Waals surface area contributed by atoms with E-state index in [0.29, 0.717) is 17.0 Å². The van der Waals surface area contributed by atoms with Crippen LogP contribution < -0.4 is 5.56 Å². The van der Waals surface area contributed by atoms with Crippen LogP contribution in [0, 0.1) is 13.8 Å². The van der Waals surface area contributed by atoms with Gasteiger partial charge in [0.15, 0.2) is 5.16 Å². The first-order valence-corrected chi connectivity index (χ1v) is 10.8. The van der Waals surface area contributed by atoms with E-state index in [4.69, 9.17) is 9.72 Å². The molecule has 2 heterocycles. The van der Waals surface area contributed by atoms with Crippen LogP contribution in [0.5, 0.6) is 0 Å². The minimum absolute atomic E-state index is 0.0575. The molecule has 0 bridgehead atoms. The van der Waals surface area contributed by atoms with E-state index in [2.05, 4.69) is 13.0 Å². The van der Waals surface area contributed by atoms with E-state index < -0.39 is 5.25 Å². The summed E-state index contributed by atoms with van der Waals surface area (Å²) in [6.45, 7) is 10.0. The monoisotopic (exact) mass is 404 g/mol. The fourth-order valence-corrected chi connectivity index (χ4v) is 5.19. The Morgan fingerprint density at radius 1 is 1.37 bits per heavy atom. The van der Waals surface area contributed by atoms with Gasteiger partial charge in [-0.2, -0.15) is 0 Å². The van der Waals surface area contributed by atoms with E-state index >= 15 is 0 Å². The zero-order valence-electron chi connectivity index (χ0n) is 16.2. The molecule has 0 N–H and O–H groups in total. The summed E-state index contributed by atoms with van der Waals surface area (Å²) in [6, 6.07) is 6.02. The molecule has 0 amide bonds. The molecule has 2 unspecified atom stereocenters. The van der Waals surface area contributed by atoms with E-state index in [1.165, 1.54) is 11.8 Å². The summed E-state index contributed by atoms with van der Waals surface area (Å²) in [5.74, 6) is -0.299. The van der Waals surface area contributed by atoms with Gasteiger partial charge in [0.2, 0.25) is 0 Å². The first kappa shape index (κ1) is 20.0. The number of benzene rings is 1. The second kappa shape index (κ2) is 8.10. The smallest absolute Gasteiger partial charge is 0.319 e.